The Hall–Kier alpha value is -3.35. The van der Waals surface area contributed by atoms with Crippen LogP contribution in [-0.4, -0.2) is 24.5 Å². The first-order valence-corrected chi connectivity index (χ1v) is 12.9. The van der Waals surface area contributed by atoms with Gasteiger partial charge in [0.05, 0.1) is 18.3 Å². The van der Waals surface area contributed by atoms with E-state index in [1.807, 2.05) is 38.1 Å². The van der Waals surface area contributed by atoms with E-state index in [1.54, 1.807) is 43.3 Å². The number of halogens is 2. The number of ether oxygens (including phenoxy) is 1. The lowest BCUT2D eigenvalue weighted by atomic mass is 9.58. The minimum absolute atomic E-state index is 0.0340. The summed E-state index contributed by atoms with van der Waals surface area (Å²) in [5.41, 5.74) is 3.02. The van der Waals surface area contributed by atoms with Gasteiger partial charge in [-0.05, 0) is 72.9 Å². The molecule has 1 fully saturated rings. The third-order valence-corrected chi connectivity index (χ3v) is 7.91. The van der Waals surface area contributed by atoms with Crippen molar-refractivity contribution < 1.29 is 19.1 Å². The second-order valence-electron chi connectivity index (χ2n) is 9.49. The van der Waals surface area contributed by atoms with Crippen LogP contribution in [0.25, 0.3) is 0 Å². The highest BCUT2D eigenvalue weighted by atomic mass is 35.5. The Morgan fingerprint density at radius 3 is 2.38 bits per heavy atom. The summed E-state index contributed by atoms with van der Waals surface area (Å²) in [6.45, 7) is 5.69. The molecule has 0 saturated carbocycles. The monoisotopic (exact) mass is 536 g/mol. The number of anilines is 1. The van der Waals surface area contributed by atoms with Crippen molar-refractivity contribution in [2.45, 2.75) is 44.6 Å². The van der Waals surface area contributed by atoms with Crippen molar-refractivity contribution in [2.75, 3.05) is 11.5 Å². The van der Waals surface area contributed by atoms with E-state index in [0.717, 1.165) is 27.2 Å². The molecular weight excluding hydrogens is 511 g/mol. The van der Waals surface area contributed by atoms with Gasteiger partial charge in [0.25, 0.3) is 0 Å². The summed E-state index contributed by atoms with van der Waals surface area (Å²) < 4.78 is 5.31. The number of carbonyl (C=O) groups excluding carboxylic acids is 3. The van der Waals surface area contributed by atoms with Crippen molar-refractivity contribution in [1.29, 1.82) is 0 Å². The molecule has 3 amide bonds. The second kappa shape index (κ2) is 9.51. The first-order chi connectivity index (χ1) is 17.7. The van der Waals surface area contributed by atoms with Crippen molar-refractivity contribution in [3.8, 4) is 0 Å². The maximum atomic E-state index is 14.7. The maximum Gasteiger partial charge on any atom is 0.421 e. The Morgan fingerprint density at radius 2 is 1.70 bits per heavy atom. The molecule has 1 saturated heterocycles. The molecule has 190 valence electrons. The number of aryl methyl sites for hydroxylation is 2. The normalized spacial score (nSPS) is 22.7. The summed E-state index contributed by atoms with van der Waals surface area (Å²) in [6, 6.07) is 17.4. The number of hydrogen-bond acceptors (Lipinski definition) is 4. The summed E-state index contributed by atoms with van der Waals surface area (Å²) in [7, 11) is 0. The molecule has 2 aliphatic rings. The van der Waals surface area contributed by atoms with E-state index in [2.05, 4.69) is 5.32 Å². The van der Waals surface area contributed by atoms with Crippen LogP contribution >= 0.6 is 23.2 Å². The van der Waals surface area contributed by atoms with Gasteiger partial charge in [-0.25, -0.2) is 9.69 Å². The number of carbonyl (C=O) groups is 3. The van der Waals surface area contributed by atoms with Gasteiger partial charge in [0.15, 0.2) is 0 Å². The van der Waals surface area contributed by atoms with E-state index in [0.29, 0.717) is 21.3 Å². The fourth-order valence-corrected chi connectivity index (χ4v) is 6.37. The van der Waals surface area contributed by atoms with Gasteiger partial charge in [0.2, 0.25) is 11.8 Å². The average Bonchev–Trinajstić information content (AvgIpc) is 3.09. The number of imide groups is 1. The fraction of sp³-hybridized carbons (Fsp3) is 0.276. The number of nitrogens with zero attached hydrogens (tertiary/aromatic N) is 1. The van der Waals surface area contributed by atoms with E-state index in [-0.39, 0.29) is 18.9 Å². The first kappa shape index (κ1) is 25.3. The highest BCUT2D eigenvalue weighted by molar-refractivity contribution is 6.32. The highest BCUT2D eigenvalue weighted by Gasteiger charge is 2.65. The summed E-state index contributed by atoms with van der Waals surface area (Å²) in [5, 5.41) is 4.00. The van der Waals surface area contributed by atoms with Gasteiger partial charge in [-0.3, -0.25) is 9.59 Å². The number of benzene rings is 3. The molecule has 1 N–H and O–H groups in total. The largest absolute Gasteiger partial charge is 0.449 e. The molecule has 0 aromatic heterocycles. The van der Waals surface area contributed by atoms with Crippen LogP contribution in [0.15, 0.2) is 60.7 Å². The van der Waals surface area contributed by atoms with Crippen LogP contribution in [0.4, 0.5) is 10.5 Å². The standard InChI is InChI=1S/C29H26Cl2N2O4/c1-4-37-28(36)33-23-14-20(31)11-12-21(23)29(27(33)35)22(18-9-6-10-19(30)13-18)15-24(34)32-26(29)25-16(2)7-5-8-17(25)3/h5-14,22,26H,4,15H2,1-3H3,(H,32,34)/t22-,26+,29-/m0/s1. The molecule has 6 nitrogen and oxygen atoms in total. The van der Waals surface area contributed by atoms with Crippen LogP contribution in [0.5, 0.6) is 0 Å². The summed E-state index contributed by atoms with van der Waals surface area (Å²) >= 11 is 12.8. The lowest BCUT2D eigenvalue weighted by Gasteiger charge is -2.47. The van der Waals surface area contributed by atoms with Gasteiger partial charge in [-0.15, -0.1) is 0 Å². The third kappa shape index (κ3) is 3.90. The molecule has 0 unspecified atom stereocenters. The van der Waals surface area contributed by atoms with Crippen LogP contribution in [0, 0.1) is 13.8 Å². The summed E-state index contributed by atoms with van der Waals surface area (Å²) in [6.07, 6.45) is -0.749. The number of fused-ring (bicyclic) bond motifs is 2. The number of hydrogen-bond donors (Lipinski definition) is 1. The van der Waals surface area contributed by atoms with Crippen LogP contribution in [0.2, 0.25) is 10.0 Å². The fourth-order valence-electron chi connectivity index (χ4n) is 6.00. The molecule has 3 aromatic carbocycles. The van der Waals surface area contributed by atoms with E-state index in [9.17, 15) is 14.4 Å². The van der Waals surface area contributed by atoms with Crippen molar-refractivity contribution in [1.82, 2.24) is 5.32 Å². The molecule has 1 spiro atoms. The molecule has 0 radical (unpaired) electrons. The minimum Gasteiger partial charge on any atom is -0.449 e. The molecule has 5 rings (SSSR count). The van der Waals surface area contributed by atoms with Gasteiger partial charge >= 0.3 is 6.09 Å². The molecule has 0 aliphatic carbocycles. The van der Waals surface area contributed by atoms with Gasteiger partial charge in [0, 0.05) is 22.4 Å². The predicted molar refractivity (Wildman–Crippen MR) is 143 cm³/mol. The SMILES string of the molecule is CCOC(=O)N1C(=O)[C@]2(c3ccc(Cl)cc31)[C@@H](c1c(C)cccc1C)NC(=O)C[C@H]2c1cccc(Cl)c1. The zero-order valence-corrected chi connectivity index (χ0v) is 22.2. The topological polar surface area (TPSA) is 75.7 Å². The number of amides is 3. The van der Waals surface area contributed by atoms with E-state index < -0.39 is 29.4 Å². The quantitative estimate of drug-likeness (QED) is 0.420. The van der Waals surface area contributed by atoms with Gasteiger partial charge in [-0.2, -0.15) is 0 Å². The van der Waals surface area contributed by atoms with Gasteiger partial charge < -0.3 is 10.1 Å². The predicted octanol–water partition coefficient (Wildman–Crippen LogP) is 6.40. The Balaban J connectivity index is 1.88. The Labute approximate surface area is 225 Å². The van der Waals surface area contributed by atoms with Crippen molar-refractivity contribution in [3.05, 3.63) is 98.5 Å². The molecule has 8 heteroatoms. The number of piperidine rings is 1. The van der Waals surface area contributed by atoms with Crippen molar-refractivity contribution in [3.63, 3.8) is 0 Å². The lowest BCUT2D eigenvalue weighted by molar-refractivity contribution is -0.132. The third-order valence-electron chi connectivity index (χ3n) is 7.44. The van der Waals surface area contributed by atoms with E-state index >= 15 is 0 Å². The zero-order chi connectivity index (χ0) is 26.5. The van der Waals surface area contributed by atoms with Gasteiger partial charge in [0.1, 0.15) is 5.41 Å². The molecule has 2 heterocycles. The van der Waals surface area contributed by atoms with Crippen molar-refractivity contribution >= 4 is 46.8 Å². The van der Waals surface area contributed by atoms with Crippen molar-refractivity contribution in [2.24, 2.45) is 0 Å². The van der Waals surface area contributed by atoms with E-state index in [1.165, 1.54) is 0 Å². The zero-order valence-electron chi connectivity index (χ0n) is 20.7. The Morgan fingerprint density at radius 1 is 1.03 bits per heavy atom. The Kier molecular flexibility index (Phi) is 6.50. The maximum absolute atomic E-state index is 14.7. The van der Waals surface area contributed by atoms with Gasteiger partial charge in [-0.1, -0.05) is 59.6 Å². The lowest BCUT2D eigenvalue weighted by Crippen LogP contribution is -2.59. The summed E-state index contributed by atoms with van der Waals surface area (Å²) in [4.78, 5) is 42.3. The number of nitrogens with one attached hydrogen (secondary N) is 1. The Bertz CT molecular complexity index is 1420. The summed E-state index contributed by atoms with van der Waals surface area (Å²) in [5.74, 6) is -1.28. The van der Waals surface area contributed by atoms with Crippen LogP contribution in [0.3, 0.4) is 0 Å². The molecule has 3 atom stereocenters. The molecule has 0 bridgehead atoms. The second-order valence-corrected chi connectivity index (χ2v) is 10.4. The molecule has 37 heavy (non-hydrogen) atoms. The molecule has 2 aliphatic heterocycles. The van der Waals surface area contributed by atoms with Crippen LogP contribution in [0.1, 0.15) is 53.1 Å². The highest BCUT2D eigenvalue weighted by Crippen LogP contribution is 2.60. The minimum atomic E-state index is -1.36. The van der Waals surface area contributed by atoms with Crippen LogP contribution in [-0.2, 0) is 19.7 Å². The first-order valence-electron chi connectivity index (χ1n) is 12.1. The molecular formula is C29H26Cl2N2O4. The molecule has 3 aromatic rings. The van der Waals surface area contributed by atoms with Crippen LogP contribution < -0.4 is 10.2 Å². The smallest absolute Gasteiger partial charge is 0.421 e. The average molecular weight is 537 g/mol. The number of rotatable bonds is 3. The van der Waals surface area contributed by atoms with E-state index in [4.69, 9.17) is 27.9 Å².